The van der Waals surface area contributed by atoms with Crippen molar-refractivity contribution in [2.24, 2.45) is 0 Å². The fraction of sp³-hybridized carbons (Fsp3) is 0.182. The SMILES string of the molecule is CS(=O)(=O)c1ccc(NCc2cc(Br)cs2)cn1. The standard InChI is InChI=1S/C11H11BrN2O2S2/c1-18(15,16)11-3-2-9(5-14-11)13-6-10-4-8(12)7-17-10/h2-5,7,13H,6H2,1H3. The minimum atomic E-state index is -3.23. The van der Waals surface area contributed by atoms with Gasteiger partial charge in [-0.25, -0.2) is 13.4 Å². The Morgan fingerprint density at radius 3 is 2.72 bits per heavy atom. The number of hydrogen-bond donors (Lipinski definition) is 1. The summed E-state index contributed by atoms with van der Waals surface area (Å²) in [4.78, 5) is 5.10. The first-order valence-corrected chi connectivity index (χ1v) is 8.64. The van der Waals surface area contributed by atoms with Crippen molar-refractivity contribution in [3.05, 3.63) is 39.1 Å². The monoisotopic (exact) mass is 346 g/mol. The second kappa shape index (κ2) is 5.38. The number of anilines is 1. The van der Waals surface area contributed by atoms with Crippen molar-refractivity contribution in [3.8, 4) is 0 Å². The summed E-state index contributed by atoms with van der Waals surface area (Å²) in [5.41, 5.74) is 0.798. The van der Waals surface area contributed by atoms with Gasteiger partial charge < -0.3 is 5.32 Å². The Hall–Kier alpha value is -0.920. The molecule has 0 amide bonds. The van der Waals surface area contributed by atoms with E-state index in [0.29, 0.717) is 6.54 Å². The number of halogens is 1. The molecule has 7 heteroatoms. The van der Waals surface area contributed by atoms with Crippen molar-refractivity contribution in [3.63, 3.8) is 0 Å². The summed E-state index contributed by atoms with van der Waals surface area (Å²) < 4.78 is 23.5. The average molecular weight is 347 g/mol. The molecule has 0 aliphatic carbocycles. The van der Waals surface area contributed by atoms with Gasteiger partial charge in [-0.05, 0) is 34.1 Å². The second-order valence-corrected chi connectivity index (χ2v) is 7.62. The zero-order valence-electron chi connectivity index (χ0n) is 9.55. The summed E-state index contributed by atoms with van der Waals surface area (Å²) in [6, 6.07) is 5.25. The third kappa shape index (κ3) is 3.54. The van der Waals surface area contributed by atoms with Crippen LogP contribution in [0.25, 0.3) is 0 Å². The zero-order valence-corrected chi connectivity index (χ0v) is 12.8. The minimum absolute atomic E-state index is 0.0897. The molecule has 0 atom stereocenters. The van der Waals surface area contributed by atoms with E-state index in [9.17, 15) is 8.42 Å². The van der Waals surface area contributed by atoms with E-state index in [-0.39, 0.29) is 5.03 Å². The van der Waals surface area contributed by atoms with Crippen LogP contribution in [0, 0.1) is 0 Å². The average Bonchev–Trinajstić information content (AvgIpc) is 2.72. The number of nitrogens with one attached hydrogen (secondary N) is 1. The number of aromatic nitrogens is 1. The first-order valence-electron chi connectivity index (χ1n) is 5.08. The Morgan fingerprint density at radius 2 is 2.22 bits per heavy atom. The van der Waals surface area contributed by atoms with Crippen LogP contribution in [0.3, 0.4) is 0 Å². The Labute approximate surface area is 118 Å². The fourth-order valence-electron chi connectivity index (χ4n) is 1.34. The molecule has 96 valence electrons. The van der Waals surface area contributed by atoms with Gasteiger partial charge in [0, 0.05) is 27.5 Å². The summed E-state index contributed by atoms with van der Waals surface area (Å²) in [6.45, 7) is 0.691. The molecule has 0 bridgehead atoms. The molecule has 2 aromatic rings. The maximum atomic E-state index is 11.2. The van der Waals surface area contributed by atoms with Gasteiger partial charge in [-0.1, -0.05) is 0 Å². The number of thiophene rings is 1. The summed E-state index contributed by atoms with van der Waals surface area (Å²) in [5, 5.41) is 5.29. The normalized spacial score (nSPS) is 11.4. The molecule has 0 radical (unpaired) electrons. The molecule has 0 unspecified atom stereocenters. The zero-order chi connectivity index (χ0) is 13.2. The molecule has 4 nitrogen and oxygen atoms in total. The largest absolute Gasteiger partial charge is 0.379 e. The molecule has 0 saturated heterocycles. The first kappa shape index (κ1) is 13.5. The lowest BCUT2D eigenvalue weighted by atomic mass is 10.4. The number of hydrogen-bond acceptors (Lipinski definition) is 5. The molecule has 0 aromatic carbocycles. The highest BCUT2D eigenvalue weighted by atomic mass is 79.9. The molecule has 0 fully saturated rings. The lowest BCUT2D eigenvalue weighted by Crippen LogP contribution is -2.02. The van der Waals surface area contributed by atoms with E-state index in [4.69, 9.17) is 0 Å². The van der Waals surface area contributed by atoms with Gasteiger partial charge in [0.25, 0.3) is 0 Å². The van der Waals surface area contributed by atoms with Crippen LogP contribution < -0.4 is 5.32 Å². The number of rotatable bonds is 4. The van der Waals surface area contributed by atoms with Crippen molar-refractivity contribution < 1.29 is 8.42 Å². The van der Waals surface area contributed by atoms with Gasteiger partial charge in [0.15, 0.2) is 14.9 Å². The molecule has 0 spiro atoms. The molecular weight excluding hydrogens is 336 g/mol. The van der Waals surface area contributed by atoms with E-state index >= 15 is 0 Å². The highest BCUT2D eigenvalue weighted by Gasteiger charge is 2.07. The van der Waals surface area contributed by atoms with E-state index in [1.165, 1.54) is 17.1 Å². The Bertz CT molecular complexity index is 635. The van der Waals surface area contributed by atoms with Crippen LogP contribution >= 0.6 is 27.3 Å². The van der Waals surface area contributed by atoms with Crippen LogP contribution in [0.4, 0.5) is 5.69 Å². The van der Waals surface area contributed by atoms with Gasteiger partial charge in [-0.15, -0.1) is 11.3 Å². The molecule has 0 aliphatic heterocycles. The van der Waals surface area contributed by atoms with Gasteiger partial charge >= 0.3 is 0 Å². The van der Waals surface area contributed by atoms with Crippen molar-refractivity contribution in [1.29, 1.82) is 0 Å². The predicted octanol–water partition coefficient (Wildman–Crippen LogP) is 2.92. The molecule has 0 aliphatic rings. The summed E-state index contributed by atoms with van der Waals surface area (Å²) >= 11 is 5.04. The predicted molar refractivity (Wildman–Crippen MR) is 76.7 cm³/mol. The molecule has 2 rings (SSSR count). The van der Waals surface area contributed by atoms with E-state index in [0.717, 1.165) is 16.4 Å². The highest BCUT2D eigenvalue weighted by molar-refractivity contribution is 9.10. The lowest BCUT2D eigenvalue weighted by molar-refractivity contribution is 0.598. The molecule has 2 heterocycles. The van der Waals surface area contributed by atoms with Crippen LogP contribution in [0.5, 0.6) is 0 Å². The van der Waals surface area contributed by atoms with Gasteiger partial charge in [0.2, 0.25) is 0 Å². The summed E-state index contributed by atoms with van der Waals surface area (Å²) in [5.74, 6) is 0. The second-order valence-electron chi connectivity index (χ2n) is 3.74. The topological polar surface area (TPSA) is 59.1 Å². The quantitative estimate of drug-likeness (QED) is 0.924. The fourth-order valence-corrected chi connectivity index (χ4v) is 3.29. The first-order chi connectivity index (χ1) is 8.45. The Balaban J connectivity index is 2.03. The Kier molecular flexibility index (Phi) is 4.04. The van der Waals surface area contributed by atoms with E-state index in [1.54, 1.807) is 17.4 Å². The van der Waals surface area contributed by atoms with Crippen LogP contribution in [0.15, 0.2) is 39.3 Å². The van der Waals surface area contributed by atoms with E-state index in [1.807, 2.05) is 11.4 Å². The third-order valence-electron chi connectivity index (χ3n) is 2.20. The molecule has 0 saturated carbocycles. The maximum Gasteiger partial charge on any atom is 0.192 e. The molecule has 1 N–H and O–H groups in total. The van der Waals surface area contributed by atoms with Crippen LogP contribution in [0.1, 0.15) is 4.88 Å². The van der Waals surface area contributed by atoms with Crippen LogP contribution in [0.2, 0.25) is 0 Å². The highest BCUT2D eigenvalue weighted by Crippen LogP contribution is 2.20. The van der Waals surface area contributed by atoms with E-state index in [2.05, 4.69) is 26.2 Å². The summed E-state index contributed by atoms with van der Waals surface area (Å²) in [6.07, 6.45) is 2.67. The van der Waals surface area contributed by atoms with Crippen molar-refractivity contribution >= 4 is 42.8 Å². The van der Waals surface area contributed by atoms with Crippen LogP contribution in [-0.2, 0) is 16.4 Å². The smallest absolute Gasteiger partial charge is 0.192 e. The van der Waals surface area contributed by atoms with Gasteiger partial charge in [-0.3, -0.25) is 0 Å². The lowest BCUT2D eigenvalue weighted by Gasteiger charge is -2.04. The molecule has 18 heavy (non-hydrogen) atoms. The summed E-state index contributed by atoms with van der Waals surface area (Å²) in [7, 11) is -3.23. The van der Waals surface area contributed by atoms with Gasteiger partial charge in [0.05, 0.1) is 11.9 Å². The Morgan fingerprint density at radius 1 is 1.44 bits per heavy atom. The van der Waals surface area contributed by atoms with Crippen molar-refractivity contribution in [2.45, 2.75) is 11.6 Å². The number of nitrogens with zero attached hydrogens (tertiary/aromatic N) is 1. The van der Waals surface area contributed by atoms with Gasteiger partial charge in [-0.2, -0.15) is 0 Å². The number of sulfone groups is 1. The van der Waals surface area contributed by atoms with Crippen molar-refractivity contribution in [1.82, 2.24) is 4.98 Å². The molecule has 2 aromatic heterocycles. The maximum absolute atomic E-state index is 11.2. The minimum Gasteiger partial charge on any atom is -0.379 e. The van der Waals surface area contributed by atoms with Crippen LogP contribution in [-0.4, -0.2) is 19.7 Å². The molecular formula is C11H11BrN2O2S2. The van der Waals surface area contributed by atoms with Crippen molar-refractivity contribution in [2.75, 3.05) is 11.6 Å². The van der Waals surface area contributed by atoms with E-state index < -0.39 is 9.84 Å². The number of pyridine rings is 1. The van der Waals surface area contributed by atoms with Gasteiger partial charge in [0.1, 0.15) is 0 Å². The third-order valence-corrected chi connectivity index (χ3v) is 4.90.